The molecular formula is C15H20N4O2. The zero-order valence-electron chi connectivity index (χ0n) is 12.9. The molecule has 0 saturated carbocycles. The second-order valence-electron chi connectivity index (χ2n) is 6.16. The molecule has 6 nitrogen and oxygen atoms in total. The van der Waals surface area contributed by atoms with Crippen molar-refractivity contribution >= 4 is 17.4 Å². The van der Waals surface area contributed by atoms with Gasteiger partial charge in [-0.05, 0) is 34.1 Å². The first-order valence-corrected chi connectivity index (χ1v) is 7.25. The molecule has 2 aromatic rings. The minimum absolute atomic E-state index is 0.0442. The molecule has 1 aliphatic rings. The van der Waals surface area contributed by atoms with Crippen LogP contribution in [0, 0.1) is 0 Å². The van der Waals surface area contributed by atoms with Crippen molar-refractivity contribution in [1.29, 1.82) is 0 Å². The van der Waals surface area contributed by atoms with Crippen LogP contribution in [0.4, 0.5) is 5.82 Å². The van der Waals surface area contributed by atoms with E-state index in [1.807, 2.05) is 10.6 Å². The van der Waals surface area contributed by atoms with Gasteiger partial charge in [0.1, 0.15) is 5.82 Å². The maximum Gasteiger partial charge on any atom is 0.357 e. The number of hydrogen-bond acceptors (Lipinski definition) is 5. The molecule has 1 aliphatic heterocycles. The van der Waals surface area contributed by atoms with E-state index in [-0.39, 0.29) is 11.5 Å². The molecule has 0 unspecified atom stereocenters. The zero-order valence-corrected chi connectivity index (χ0v) is 12.9. The van der Waals surface area contributed by atoms with Crippen LogP contribution in [0.3, 0.4) is 0 Å². The Hall–Kier alpha value is -2.11. The van der Waals surface area contributed by atoms with Crippen molar-refractivity contribution in [1.82, 2.24) is 14.6 Å². The molecule has 0 atom stereocenters. The second kappa shape index (κ2) is 4.72. The van der Waals surface area contributed by atoms with Crippen LogP contribution >= 0.6 is 0 Å². The molecular weight excluding hydrogens is 268 g/mol. The molecule has 112 valence electrons. The lowest BCUT2D eigenvalue weighted by Gasteiger charge is -2.34. The molecule has 21 heavy (non-hydrogen) atoms. The number of ether oxygens (including phenoxy) is 1. The van der Waals surface area contributed by atoms with Gasteiger partial charge in [-0.15, -0.1) is 0 Å². The molecule has 0 aliphatic carbocycles. The van der Waals surface area contributed by atoms with Gasteiger partial charge in [0.25, 0.3) is 0 Å². The van der Waals surface area contributed by atoms with Crippen LogP contribution in [0.15, 0.2) is 12.3 Å². The van der Waals surface area contributed by atoms with Crippen molar-refractivity contribution in [3.63, 3.8) is 0 Å². The summed E-state index contributed by atoms with van der Waals surface area (Å²) < 4.78 is 6.97. The lowest BCUT2D eigenvalue weighted by Crippen LogP contribution is -2.41. The van der Waals surface area contributed by atoms with Gasteiger partial charge in [0.2, 0.25) is 0 Å². The van der Waals surface area contributed by atoms with Crippen molar-refractivity contribution in [3.05, 3.63) is 23.5 Å². The molecule has 3 rings (SSSR count). The minimum Gasteiger partial charge on any atom is -0.461 e. The van der Waals surface area contributed by atoms with Crippen LogP contribution in [0.1, 0.15) is 43.7 Å². The van der Waals surface area contributed by atoms with E-state index in [0.29, 0.717) is 17.9 Å². The fourth-order valence-electron chi connectivity index (χ4n) is 2.82. The molecule has 0 spiro atoms. The number of nitrogens with zero attached hydrogens (tertiary/aromatic N) is 4. The molecule has 0 fully saturated rings. The Bertz CT molecular complexity index is 699. The summed E-state index contributed by atoms with van der Waals surface area (Å²) in [7, 11) is 0. The van der Waals surface area contributed by atoms with E-state index in [0.717, 1.165) is 24.3 Å². The number of hydrogen-bond donors (Lipinski definition) is 0. The standard InChI is InChI=1S/C15H20N4O2/c1-5-21-14(20)12-10-7-9-18(15(2,3)4)13(10)19-11(17-12)6-8-16-19/h6,8H,5,7,9H2,1-4H3. The summed E-state index contributed by atoms with van der Waals surface area (Å²) in [6.45, 7) is 9.47. The average molecular weight is 288 g/mol. The molecule has 0 bridgehead atoms. The molecule has 2 aromatic heterocycles. The molecule has 0 amide bonds. The average Bonchev–Trinajstić information content (AvgIpc) is 3.02. The first-order valence-electron chi connectivity index (χ1n) is 7.25. The van der Waals surface area contributed by atoms with E-state index < -0.39 is 0 Å². The van der Waals surface area contributed by atoms with E-state index >= 15 is 0 Å². The third-order valence-corrected chi connectivity index (χ3v) is 3.73. The number of fused-ring (bicyclic) bond motifs is 3. The highest BCUT2D eigenvalue weighted by Gasteiger charge is 2.35. The monoisotopic (exact) mass is 288 g/mol. The van der Waals surface area contributed by atoms with Crippen LogP contribution in [-0.2, 0) is 11.2 Å². The maximum atomic E-state index is 12.2. The van der Waals surface area contributed by atoms with Gasteiger partial charge in [-0.1, -0.05) is 0 Å². The molecule has 0 radical (unpaired) electrons. The van der Waals surface area contributed by atoms with Crippen LogP contribution in [0.2, 0.25) is 0 Å². The van der Waals surface area contributed by atoms with Crippen LogP contribution < -0.4 is 4.90 Å². The minimum atomic E-state index is -0.354. The Morgan fingerprint density at radius 1 is 1.43 bits per heavy atom. The van der Waals surface area contributed by atoms with Crippen molar-refractivity contribution in [2.75, 3.05) is 18.1 Å². The summed E-state index contributed by atoms with van der Waals surface area (Å²) in [6.07, 6.45) is 2.49. The fourth-order valence-corrected chi connectivity index (χ4v) is 2.82. The van der Waals surface area contributed by atoms with Crippen LogP contribution in [0.25, 0.3) is 5.65 Å². The van der Waals surface area contributed by atoms with E-state index in [2.05, 4.69) is 35.8 Å². The van der Waals surface area contributed by atoms with Crippen LogP contribution in [0.5, 0.6) is 0 Å². The number of anilines is 1. The first-order chi connectivity index (χ1) is 9.93. The van der Waals surface area contributed by atoms with Gasteiger partial charge >= 0.3 is 5.97 Å². The summed E-state index contributed by atoms with van der Waals surface area (Å²) in [6, 6.07) is 1.81. The topological polar surface area (TPSA) is 59.7 Å². The number of rotatable bonds is 2. The van der Waals surface area contributed by atoms with Gasteiger partial charge in [0, 0.05) is 23.7 Å². The number of carbonyl (C=O) groups excluding carboxylic acids is 1. The number of esters is 1. The van der Waals surface area contributed by atoms with Crippen molar-refractivity contribution in [2.45, 2.75) is 39.7 Å². The quantitative estimate of drug-likeness (QED) is 0.792. The lowest BCUT2D eigenvalue weighted by atomic mass is 10.1. The highest BCUT2D eigenvalue weighted by Crippen LogP contribution is 2.35. The zero-order chi connectivity index (χ0) is 15.2. The molecule has 0 N–H and O–H groups in total. The molecule has 0 saturated heterocycles. The highest BCUT2D eigenvalue weighted by molar-refractivity contribution is 5.92. The Morgan fingerprint density at radius 3 is 2.86 bits per heavy atom. The molecule has 6 heteroatoms. The lowest BCUT2D eigenvalue weighted by molar-refractivity contribution is 0.0518. The predicted octanol–water partition coefficient (Wildman–Crippen LogP) is 2.07. The second-order valence-corrected chi connectivity index (χ2v) is 6.16. The molecule has 3 heterocycles. The van der Waals surface area contributed by atoms with Gasteiger partial charge in [-0.25, -0.2) is 9.78 Å². The van der Waals surface area contributed by atoms with Gasteiger partial charge in [-0.3, -0.25) is 0 Å². The van der Waals surface area contributed by atoms with Gasteiger partial charge in [0.05, 0.1) is 12.8 Å². The van der Waals surface area contributed by atoms with Crippen LogP contribution in [-0.4, -0.2) is 39.3 Å². The predicted molar refractivity (Wildman–Crippen MR) is 79.7 cm³/mol. The van der Waals surface area contributed by atoms with Gasteiger partial charge < -0.3 is 9.64 Å². The smallest absolute Gasteiger partial charge is 0.357 e. The largest absolute Gasteiger partial charge is 0.461 e. The van der Waals surface area contributed by atoms with Crippen molar-refractivity contribution in [2.24, 2.45) is 0 Å². The Morgan fingerprint density at radius 2 is 2.19 bits per heavy atom. The van der Waals surface area contributed by atoms with Gasteiger partial charge in [0.15, 0.2) is 11.3 Å². The summed E-state index contributed by atoms with van der Waals surface area (Å²) in [4.78, 5) is 18.9. The van der Waals surface area contributed by atoms with Crippen molar-refractivity contribution in [3.8, 4) is 0 Å². The Kier molecular flexibility index (Phi) is 3.11. The SMILES string of the molecule is CCOC(=O)c1nc2ccnn2c2c1CCN2C(C)(C)C. The number of aromatic nitrogens is 3. The summed E-state index contributed by atoms with van der Waals surface area (Å²) in [5.41, 5.74) is 1.98. The van der Waals surface area contributed by atoms with Gasteiger partial charge in [-0.2, -0.15) is 9.61 Å². The number of carbonyl (C=O) groups is 1. The normalized spacial score (nSPS) is 14.6. The summed E-state index contributed by atoms with van der Waals surface area (Å²) in [5, 5.41) is 4.36. The summed E-state index contributed by atoms with van der Waals surface area (Å²) in [5.74, 6) is 0.605. The third-order valence-electron chi connectivity index (χ3n) is 3.73. The van der Waals surface area contributed by atoms with E-state index in [4.69, 9.17) is 4.74 Å². The van der Waals surface area contributed by atoms with E-state index in [1.54, 1.807) is 13.1 Å². The van der Waals surface area contributed by atoms with E-state index in [9.17, 15) is 4.79 Å². The Balaban J connectivity index is 2.23. The maximum absolute atomic E-state index is 12.2. The summed E-state index contributed by atoms with van der Waals surface area (Å²) >= 11 is 0. The fraction of sp³-hybridized carbons (Fsp3) is 0.533. The first kappa shape index (κ1) is 13.9. The highest BCUT2D eigenvalue weighted by atomic mass is 16.5. The molecule has 0 aromatic carbocycles. The Labute approximate surface area is 123 Å². The van der Waals surface area contributed by atoms with E-state index in [1.165, 1.54) is 0 Å². The van der Waals surface area contributed by atoms with Crippen molar-refractivity contribution < 1.29 is 9.53 Å². The third kappa shape index (κ3) is 2.14.